The van der Waals surface area contributed by atoms with Gasteiger partial charge in [0.05, 0.1) is 13.7 Å². The second-order valence-electron chi connectivity index (χ2n) is 7.62. The summed E-state index contributed by atoms with van der Waals surface area (Å²) in [7, 11) is -2.43. The number of carbonyl (C=O) groups excluding carboxylic acids is 2. The van der Waals surface area contributed by atoms with Gasteiger partial charge >= 0.3 is 0 Å². The Morgan fingerprint density at radius 1 is 1.23 bits per heavy atom. The molecule has 0 radical (unpaired) electrons. The Morgan fingerprint density at radius 2 is 1.90 bits per heavy atom. The molecule has 9 heteroatoms. The molecule has 30 heavy (non-hydrogen) atoms. The van der Waals surface area contributed by atoms with Gasteiger partial charge in [0.1, 0.15) is 10.6 Å². The van der Waals surface area contributed by atoms with Gasteiger partial charge in [0.25, 0.3) is 5.91 Å². The molecule has 0 bridgehead atoms. The average Bonchev–Trinajstić information content (AvgIpc) is 2.70. The van der Waals surface area contributed by atoms with Gasteiger partial charge in [0.15, 0.2) is 0 Å². The molecule has 0 saturated carbocycles. The summed E-state index contributed by atoms with van der Waals surface area (Å²) in [5, 5.41) is 5.12. The van der Waals surface area contributed by atoms with Crippen LogP contribution in [0.4, 0.5) is 0 Å². The Balaban J connectivity index is 2.17. The lowest BCUT2D eigenvalue weighted by molar-refractivity contribution is -0.120. The van der Waals surface area contributed by atoms with Crippen LogP contribution in [0.2, 0.25) is 0 Å². The average molecular weight is 436 g/mol. The zero-order chi connectivity index (χ0) is 22.3. The first-order valence-electron chi connectivity index (χ1n) is 9.85. The highest BCUT2D eigenvalue weighted by atomic mass is 32.2. The van der Waals surface area contributed by atoms with Crippen molar-refractivity contribution >= 4 is 21.8 Å². The largest absolute Gasteiger partial charge is 0.495 e. The Labute approximate surface area is 178 Å². The van der Waals surface area contributed by atoms with Gasteiger partial charge in [-0.2, -0.15) is 4.31 Å². The fourth-order valence-corrected chi connectivity index (χ4v) is 5.45. The van der Waals surface area contributed by atoms with Crippen molar-refractivity contribution in [2.45, 2.75) is 31.6 Å². The van der Waals surface area contributed by atoms with E-state index in [1.54, 1.807) is 0 Å². The number of nitrogens with one attached hydrogen (secondary N) is 2. The van der Waals surface area contributed by atoms with E-state index in [1.807, 2.05) is 13.8 Å². The number of carbonyl (C=O) groups is 2. The molecule has 2 N–H and O–H groups in total. The molecule has 8 nitrogen and oxygen atoms in total. The van der Waals surface area contributed by atoms with E-state index in [0.29, 0.717) is 13.1 Å². The topological polar surface area (TPSA) is 105 Å². The van der Waals surface area contributed by atoms with Crippen LogP contribution in [-0.2, 0) is 14.8 Å². The van der Waals surface area contributed by atoms with Gasteiger partial charge in [-0.25, -0.2) is 8.42 Å². The van der Waals surface area contributed by atoms with Crippen LogP contribution in [0.15, 0.2) is 23.1 Å². The van der Waals surface area contributed by atoms with Gasteiger partial charge in [-0.1, -0.05) is 19.8 Å². The van der Waals surface area contributed by atoms with Crippen molar-refractivity contribution in [1.82, 2.24) is 14.9 Å². The normalized spacial score (nSPS) is 19.5. The number of nitrogens with zero attached hydrogens (tertiary/aromatic N) is 1. The maximum Gasteiger partial charge on any atom is 0.251 e. The number of ether oxygens (including phenoxy) is 1. The van der Waals surface area contributed by atoms with Crippen LogP contribution in [0.5, 0.6) is 5.75 Å². The third-order valence-electron chi connectivity index (χ3n) is 4.90. The van der Waals surface area contributed by atoms with E-state index in [1.165, 1.54) is 29.6 Å². The summed E-state index contributed by atoms with van der Waals surface area (Å²) in [6.45, 7) is 5.14. The number of amides is 2. The van der Waals surface area contributed by atoms with Gasteiger partial charge in [-0.05, 0) is 36.5 Å². The van der Waals surface area contributed by atoms with E-state index in [-0.39, 0.29) is 53.5 Å². The molecule has 1 aromatic rings. The molecule has 1 aromatic carbocycles. The third-order valence-corrected chi connectivity index (χ3v) is 6.76. The van der Waals surface area contributed by atoms with E-state index in [0.717, 1.165) is 6.42 Å². The van der Waals surface area contributed by atoms with Gasteiger partial charge in [-0.15, -0.1) is 6.42 Å². The summed E-state index contributed by atoms with van der Waals surface area (Å²) in [6, 6.07) is 4.29. The van der Waals surface area contributed by atoms with E-state index in [2.05, 4.69) is 16.6 Å². The lowest BCUT2D eigenvalue weighted by atomic mass is 9.94. The van der Waals surface area contributed by atoms with Crippen molar-refractivity contribution in [2.24, 2.45) is 11.8 Å². The SMILES string of the molecule is C#CCNC(=O)CCNC(=O)c1ccc(OC)c(S(=O)(=O)N2CC(C)CC(C)C2)c1. The number of piperidine rings is 1. The van der Waals surface area contributed by atoms with Crippen molar-refractivity contribution in [3.05, 3.63) is 23.8 Å². The van der Waals surface area contributed by atoms with Gasteiger partial charge in [-0.3, -0.25) is 9.59 Å². The Hall–Kier alpha value is -2.57. The molecule has 2 atom stereocenters. The zero-order valence-corrected chi connectivity index (χ0v) is 18.4. The second-order valence-corrected chi connectivity index (χ2v) is 9.53. The van der Waals surface area contributed by atoms with Crippen LogP contribution in [0.3, 0.4) is 0 Å². The highest BCUT2D eigenvalue weighted by Gasteiger charge is 2.34. The molecule has 0 aromatic heterocycles. The standard InChI is InChI=1S/C21H29N3O5S/c1-5-9-22-20(25)8-10-23-21(26)17-6-7-18(29-4)19(12-17)30(27,28)24-13-15(2)11-16(3)14-24/h1,6-7,12,15-16H,8-11,13-14H2,2-4H3,(H,22,25)(H,23,26). The highest BCUT2D eigenvalue weighted by Crippen LogP contribution is 2.32. The van der Waals surface area contributed by atoms with Gasteiger partial charge in [0, 0.05) is 31.6 Å². The van der Waals surface area contributed by atoms with E-state index in [9.17, 15) is 18.0 Å². The summed E-state index contributed by atoms with van der Waals surface area (Å²) in [4.78, 5) is 24.0. The summed E-state index contributed by atoms with van der Waals surface area (Å²) in [6.07, 6.45) is 6.11. The molecule has 1 saturated heterocycles. The molecule has 2 rings (SSSR count). The van der Waals surface area contributed by atoms with Crippen LogP contribution in [0.25, 0.3) is 0 Å². The Morgan fingerprint density at radius 3 is 2.50 bits per heavy atom. The molecule has 0 aliphatic carbocycles. The second kappa shape index (κ2) is 10.5. The molecule has 1 aliphatic rings. The Kier molecular flexibility index (Phi) is 8.26. The van der Waals surface area contributed by atoms with E-state index >= 15 is 0 Å². The van der Waals surface area contributed by atoms with Crippen molar-refractivity contribution in [3.8, 4) is 18.1 Å². The van der Waals surface area contributed by atoms with E-state index in [4.69, 9.17) is 11.2 Å². The molecular formula is C21H29N3O5S. The summed E-state index contributed by atoms with van der Waals surface area (Å²) in [5.41, 5.74) is 0.177. The summed E-state index contributed by atoms with van der Waals surface area (Å²) >= 11 is 0. The van der Waals surface area contributed by atoms with Crippen molar-refractivity contribution in [3.63, 3.8) is 0 Å². The number of methoxy groups -OCH3 is 1. The minimum absolute atomic E-state index is 0.0364. The van der Waals surface area contributed by atoms with Crippen LogP contribution in [0.1, 0.15) is 37.0 Å². The van der Waals surface area contributed by atoms with Crippen molar-refractivity contribution in [1.29, 1.82) is 0 Å². The molecule has 1 heterocycles. The smallest absolute Gasteiger partial charge is 0.251 e. The number of hydrogen-bond donors (Lipinski definition) is 2. The maximum atomic E-state index is 13.3. The number of sulfonamides is 1. The quantitative estimate of drug-likeness (QED) is 0.598. The minimum atomic E-state index is -3.83. The lowest BCUT2D eigenvalue weighted by Gasteiger charge is -2.34. The highest BCUT2D eigenvalue weighted by molar-refractivity contribution is 7.89. The molecule has 2 amide bonds. The monoisotopic (exact) mass is 435 g/mol. The predicted molar refractivity (Wildman–Crippen MR) is 113 cm³/mol. The zero-order valence-electron chi connectivity index (χ0n) is 17.6. The van der Waals surface area contributed by atoms with Crippen LogP contribution >= 0.6 is 0 Å². The van der Waals surface area contributed by atoms with Gasteiger partial charge < -0.3 is 15.4 Å². The van der Waals surface area contributed by atoms with Gasteiger partial charge in [0.2, 0.25) is 15.9 Å². The van der Waals surface area contributed by atoms with Crippen LogP contribution < -0.4 is 15.4 Å². The van der Waals surface area contributed by atoms with Crippen molar-refractivity contribution < 1.29 is 22.7 Å². The first-order chi connectivity index (χ1) is 14.2. The maximum absolute atomic E-state index is 13.3. The third kappa shape index (κ3) is 5.97. The Bertz CT molecular complexity index is 913. The lowest BCUT2D eigenvalue weighted by Crippen LogP contribution is -2.42. The fraction of sp³-hybridized carbons (Fsp3) is 0.524. The molecule has 0 spiro atoms. The molecule has 164 valence electrons. The first kappa shape index (κ1) is 23.7. The molecule has 1 fully saturated rings. The molecule has 2 unspecified atom stereocenters. The predicted octanol–water partition coefficient (Wildman–Crippen LogP) is 1.23. The number of terminal acetylenes is 1. The summed E-state index contributed by atoms with van der Waals surface area (Å²) < 4.78 is 33.3. The number of rotatable bonds is 8. The van der Waals surface area contributed by atoms with Crippen molar-refractivity contribution in [2.75, 3.05) is 33.3 Å². The fourth-order valence-electron chi connectivity index (χ4n) is 3.59. The van der Waals surface area contributed by atoms with Crippen LogP contribution in [-0.4, -0.2) is 57.8 Å². The molecule has 1 aliphatic heterocycles. The number of benzene rings is 1. The number of hydrogen-bond acceptors (Lipinski definition) is 5. The first-order valence-corrected chi connectivity index (χ1v) is 11.3. The van der Waals surface area contributed by atoms with Crippen LogP contribution in [0, 0.1) is 24.2 Å². The minimum Gasteiger partial charge on any atom is -0.495 e. The summed E-state index contributed by atoms with van der Waals surface area (Å²) in [5.74, 6) is 2.23. The van der Waals surface area contributed by atoms with E-state index < -0.39 is 15.9 Å². The molecular weight excluding hydrogens is 406 g/mol.